The SMILES string of the molecule is CCS(=O)(=O)Nc1cc(N)ccc1C(=O)O. The maximum Gasteiger partial charge on any atom is 0.337 e. The number of carboxylic acid groups (broad SMARTS) is 1. The van der Waals surface area contributed by atoms with Crippen molar-refractivity contribution < 1.29 is 18.3 Å². The molecule has 16 heavy (non-hydrogen) atoms. The van der Waals surface area contributed by atoms with Crippen LogP contribution >= 0.6 is 0 Å². The van der Waals surface area contributed by atoms with E-state index in [-0.39, 0.29) is 17.0 Å². The number of rotatable bonds is 4. The summed E-state index contributed by atoms with van der Waals surface area (Å²) in [6, 6.07) is 3.93. The van der Waals surface area contributed by atoms with Crippen LogP contribution < -0.4 is 10.5 Å². The molecule has 0 heterocycles. The fourth-order valence-corrected chi connectivity index (χ4v) is 1.72. The third kappa shape index (κ3) is 2.86. The third-order valence-electron chi connectivity index (χ3n) is 1.92. The summed E-state index contributed by atoms with van der Waals surface area (Å²) in [5.41, 5.74) is 5.60. The molecule has 1 rings (SSSR count). The zero-order valence-corrected chi connectivity index (χ0v) is 9.41. The number of aromatic carboxylic acids is 1. The van der Waals surface area contributed by atoms with Gasteiger partial charge in [-0.25, -0.2) is 13.2 Å². The fraction of sp³-hybridized carbons (Fsp3) is 0.222. The lowest BCUT2D eigenvalue weighted by Crippen LogP contribution is -2.17. The van der Waals surface area contributed by atoms with Crippen LogP contribution in [0.4, 0.5) is 11.4 Å². The van der Waals surface area contributed by atoms with Gasteiger partial charge in [0.15, 0.2) is 0 Å². The summed E-state index contributed by atoms with van der Waals surface area (Å²) in [5.74, 6) is -1.35. The minimum atomic E-state index is -3.51. The number of carbonyl (C=O) groups is 1. The molecule has 0 aliphatic rings. The quantitative estimate of drug-likeness (QED) is 0.676. The van der Waals surface area contributed by atoms with Crippen molar-refractivity contribution in [3.8, 4) is 0 Å². The van der Waals surface area contributed by atoms with Crippen LogP contribution in [0.3, 0.4) is 0 Å². The van der Waals surface area contributed by atoms with Crippen LogP contribution in [-0.2, 0) is 10.0 Å². The van der Waals surface area contributed by atoms with Crippen molar-refractivity contribution in [2.45, 2.75) is 6.92 Å². The summed E-state index contributed by atoms with van der Waals surface area (Å²) in [6.45, 7) is 1.45. The normalized spacial score (nSPS) is 11.1. The first-order chi connectivity index (χ1) is 7.35. The van der Waals surface area contributed by atoms with Crippen LogP contribution in [0.1, 0.15) is 17.3 Å². The van der Waals surface area contributed by atoms with E-state index in [1.807, 2.05) is 0 Å². The molecule has 0 radical (unpaired) electrons. The Bertz CT molecular complexity index is 510. The van der Waals surface area contributed by atoms with Gasteiger partial charge in [0, 0.05) is 5.69 Å². The highest BCUT2D eigenvalue weighted by Gasteiger charge is 2.14. The van der Waals surface area contributed by atoms with Gasteiger partial charge in [-0.1, -0.05) is 0 Å². The molecule has 7 heteroatoms. The van der Waals surface area contributed by atoms with Crippen molar-refractivity contribution in [3.63, 3.8) is 0 Å². The number of benzene rings is 1. The summed E-state index contributed by atoms with van der Waals surface area (Å²) in [7, 11) is -3.51. The standard InChI is InChI=1S/C9H12N2O4S/c1-2-16(14,15)11-8-5-6(10)3-4-7(8)9(12)13/h3-5,11H,2,10H2,1H3,(H,12,13). The minimum Gasteiger partial charge on any atom is -0.478 e. The van der Waals surface area contributed by atoms with E-state index in [1.54, 1.807) is 0 Å². The lowest BCUT2D eigenvalue weighted by atomic mass is 10.1. The first-order valence-electron chi connectivity index (χ1n) is 4.49. The highest BCUT2D eigenvalue weighted by atomic mass is 32.2. The zero-order valence-electron chi connectivity index (χ0n) is 8.60. The Morgan fingerprint density at radius 3 is 2.62 bits per heavy atom. The second-order valence-electron chi connectivity index (χ2n) is 3.12. The van der Waals surface area contributed by atoms with Crippen molar-refractivity contribution in [2.75, 3.05) is 16.2 Å². The Balaban J connectivity index is 3.21. The topological polar surface area (TPSA) is 109 Å². The molecule has 0 amide bonds. The predicted molar refractivity (Wildman–Crippen MR) is 60.9 cm³/mol. The molecular weight excluding hydrogens is 232 g/mol. The third-order valence-corrected chi connectivity index (χ3v) is 3.21. The van der Waals surface area contributed by atoms with E-state index in [0.717, 1.165) is 0 Å². The highest BCUT2D eigenvalue weighted by molar-refractivity contribution is 7.92. The molecular formula is C9H12N2O4S. The average Bonchev–Trinajstić information content (AvgIpc) is 2.16. The number of nitrogens with two attached hydrogens (primary N) is 1. The molecule has 0 aliphatic heterocycles. The first kappa shape index (κ1) is 12.3. The van der Waals surface area contributed by atoms with Gasteiger partial charge in [0.1, 0.15) is 0 Å². The van der Waals surface area contributed by atoms with Crippen molar-refractivity contribution >= 4 is 27.4 Å². The smallest absolute Gasteiger partial charge is 0.337 e. The van der Waals surface area contributed by atoms with E-state index in [1.165, 1.54) is 25.1 Å². The number of nitrogen functional groups attached to an aromatic ring is 1. The summed E-state index contributed by atoms with van der Waals surface area (Å²) in [6.07, 6.45) is 0. The van der Waals surface area contributed by atoms with E-state index in [2.05, 4.69) is 4.72 Å². The summed E-state index contributed by atoms with van der Waals surface area (Å²) in [4.78, 5) is 10.8. The van der Waals surface area contributed by atoms with Gasteiger partial charge in [0.25, 0.3) is 0 Å². The van der Waals surface area contributed by atoms with Crippen LogP contribution in [0, 0.1) is 0 Å². The van der Waals surface area contributed by atoms with Gasteiger partial charge < -0.3 is 10.8 Å². The molecule has 0 saturated heterocycles. The van der Waals surface area contributed by atoms with Crippen LogP contribution in [0.5, 0.6) is 0 Å². The summed E-state index contributed by atoms with van der Waals surface area (Å²) in [5, 5.41) is 8.85. The molecule has 0 saturated carbocycles. The maximum atomic E-state index is 11.3. The molecule has 1 aromatic rings. The van der Waals surface area contributed by atoms with Gasteiger partial charge in [0.2, 0.25) is 10.0 Å². The Hall–Kier alpha value is -1.76. The van der Waals surface area contributed by atoms with Crippen LogP contribution in [0.2, 0.25) is 0 Å². The minimum absolute atomic E-state index is 0.0191. The Kier molecular flexibility index (Phi) is 3.38. The molecule has 0 aromatic heterocycles. The number of sulfonamides is 1. The second-order valence-corrected chi connectivity index (χ2v) is 5.13. The molecule has 4 N–H and O–H groups in total. The van der Waals surface area contributed by atoms with E-state index in [0.29, 0.717) is 5.69 Å². The Labute approximate surface area is 93.1 Å². The van der Waals surface area contributed by atoms with Crippen molar-refractivity contribution in [1.82, 2.24) is 0 Å². The number of anilines is 2. The Morgan fingerprint density at radius 1 is 1.50 bits per heavy atom. The molecule has 6 nitrogen and oxygen atoms in total. The van der Waals surface area contributed by atoms with Crippen LogP contribution in [0.25, 0.3) is 0 Å². The molecule has 0 bridgehead atoms. The van der Waals surface area contributed by atoms with Crippen molar-refractivity contribution in [1.29, 1.82) is 0 Å². The summed E-state index contributed by atoms with van der Waals surface area (Å²) >= 11 is 0. The lowest BCUT2D eigenvalue weighted by Gasteiger charge is -2.09. The summed E-state index contributed by atoms with van der Waals surface area (Å²) < 4.78 is 24.8. The van der Waals surface area contributed by atoms with Gasteiger partial charge in [-0.3, -0.25) is 4.72 Å². The average molecular weight is 244 g/mol. The van der Waals surface area contributed by atoms with Crippen LogP contribution in [0.15, 0.2) is 18.2 Å². The van der Waals surface area contributed by atoms with Gasteiger partial charge in [-0.2, -0.15) is 0 Å². The van der Waals surface area contributed by atoms with E-state index >= 15 is 0 Å². The number of nitrogens with one attached hydrogen (secondary N) is 1. The van der Waals surface area contributed by atoms with E-state index < -0.39 is 16.0 Å². The highest BCUT2D eigenvalue weighted by Crippen LogP contribution is 2.20. The van der Waals surface area contributed by atoms with Gasteiger partial charge in [-0.05, 0) is 25.1 Å². The lowest BCUT2D eigenvalue weighted by molar-refractivity contribution is 0.0698. The van der Waals surface area contributed by atoms with Crippen molar-refractivity contribution in [3.05, 3.63) is 23.8 Å². The molecule has 0 fully saturated rings. The predicted octanol–water partition coefficient (Wildman–Crippen LogP) is 0.729. The molecule has 0 atom stereocenters. The zero-order chi connectivity index (χ0) is 12.3. The maximum absolute atomic E-state index is 11.3. The van der Waals surface area contributed by atoms with E-state index in [4.69, 9.17) is 10.8 Å². The Morgan fingerprint density at radius 2 is 2.12 bits per heavy atom. The van der Waals surface area contributed by atoms with Gasteiger partial charge in [0.05, 0.1) is 17.0 Å². The number of hydrogen-bond donors (Lipinski definition) is 3. The fourth-order valence-electron chi connectivity index (χ4n) is 1.07. The molecule has 1 aromatic carbocycles. The molecule has 0 aliphatic carbocycles. The first-order valence-corrected chi connectivity index (χ1v) is 6.14. The molecule has 88 valence electrons. The van der Waals surface area contributed by atoms with Crippen LogP contribution in [-0.4, -0.2) is 25.2 Å². The van der Waals surface area contributed by atoms with Gasteiger partial charge in [-0.15, -0.1) is 0 Å². The number of carboxylic acids is 1. The molecule has 0 unspecified atom stereocenters. The number of hydrogen-bond acceptors (Lipinski definition) is 4. The van der Waals surface area contributed by atoms with Crippen molar-refractivity contribution in [2.24, 2.45) is 0 Å². The molecule has 0 spiro atoms. The monoisotopic (exact) mass is 244 g/mol. The van der Waals surface area contributed by atoms with Gasteiger partial charge >= 0.3 is 5.97 Å². The largest absolute Gasteiger partial charge is 0.478 e. The second kappa shape index (κ2) is 4.40. The van der Waals surface area contributed by atoms with E-state index in [9.17, 15) is 13.2 Å².